The van der Waals surface area contributed by atoms with Crippen LogP contribution < -0.4 is 0 Å². The van der Waals surface area contributed by atoms with E-state index < -0.39 is 0 Å². The summed E-state index contributed by atoms with van der Waals surface area (Å²) >= 11 is 0. The molecule has 0 aliphatic carbocycles. The molecule has 1 atom stereocenters. The van der Waals surface area contributed by atoms with Crippen molar-refractivity contribution < 1.29 is 4.74 Å². The Morgan fingerprint density at radius 3 is 2.83 bits per heavy atom. The third-order valence-electron chi connectivity index (χ3n) is 5.40. The number of benzene rings is 1. The minimum atomic E-state index is -0.0225. The third-order valence-corrected chi connectivity index (χ3v) is 5.40. The summed E-state index contributed by atoms with van der Waals surface area (Å²) < 4.78 is 8.46. The Labute approximate surface area is 143 Å². The Balaban J connectivity index is 1.74. The number of rotatable bonds is 3. The first-order valence-electron chi connectivity index (χ1n) is 8.64. The maximum Gasteiger partial charge on any atom is 0.193 e. The molecule has 24 heavy (non-hydrogen) atoms. The van der Waals surface area contributed by atoms with Crippen LogP contribution in [-0.2, 0) is 24.2 Å². The molecule has 1 aromatic carbocycles. The first kappa shape index (κ1) is 15.3. The van der Waals surface area contributed by atoms with Gasteiger partial charge in [0.1, 0.15) is 0 Å². The Morgan fingerprint density at radius 2 is 2.04 bits per heavy atom. The van der Waals surface area contributed by atoms with Crippen LogP contribution in [0, 0.1) is 13.8 Å². The minimum Gasteiger partial charge on any atom is -0.477 e. The van der Waals surface area contributed by atoms with Gasteiger partial charge >= 0.3 is 0 Å². The predicted octanol–water partition coefficient (Wildman–Crippen LogP) is 4.35. The number of allylic oxidation sites excluding steroid dienone is 1. The summed E-state index contributed by atoms with van der Waals surface area (Å²) in [6, 6.07) is 8.74. The summed E-state index contributed by atoms with van der Waals surface area (Å²) in [6.07, 6.45) is 6.98. The molecule has 3 heteroatoms. The maximum absolute atomic E-state index is 6.10. The van der Waals surface area contributed by atoms with Crippen molar-refractivity contribution in [3.63, 3.8) is 0 Å². The minimum absolute atomic E-state index is 0.0225. The average molecular weight is 320 g/mol. The summed E-state index contributed by atoms with van der Waals surface area (Å²) in [5, 5.41) is 0. The SMILES string of the molecule is C=CCn1c(C)c(C)c2c1C(N1CCc3ccccc3C1)OC=C2. The Bertz CT molecular complexity index is 815. The molecule has 2 aliphatic heterocycles. The highest BCUT2D eigenvalue weighted by Gasteiger charge is 2.32. The predicted molar refractivity (Wildman–Crippen MR) is 97.5 cm³/mol. The van der Waals surface area contributed by atoms with E-state index in [-0.39, 0.29) is 6.23 Å². The largest absolute Gasteiger partial charge is 0.477 e. The lowest BCUT2D eigenvalue weighted by Crippen LogP contribution is -2.36. The normalized spacial score (nSPS) is 19.5. The molecule has 0 amide bonds. The number of ether oxygens (including phenoxy) is 1. The second-order valence-electron chi connectivity index (χ2n) is 6.69. The van der Waals surface area contributed by atoms with Crippen LogP contribution in [0.3, 0.4) is 0 Å². The van der Waals surface area contributed by atoms with Crippen molar-refractivity contribution in [1.82, 2.24) is 9.47 Å². The molecule has 4 rings (SSSR count). The van der Waals surface area contributed by atoms with Crippen LogP contribution in [0.25, 0.3) is 6.08 Å². The quantitative estimate of drug-likeness (QED) is 0.782. The summed E-state index contributed by atoms with van der Waals surface area (Å²) in [5.41, 5.74) is 8.11. The third kappa shape index (κ3) is 2.31. The van der Waals surface area contributed by atoms with Crippen molar-refractivity contribution in [3.8, 4) is 0 Å². The topological polar surface area (TPSA) is 17.4 Å². The van der Waals surface area contributed by atoms with Gasteiger partial charge in [0, 0.05) is 30.9 Å². The molecule has 0 fully saturated rings. The van der Waals surface area contributed by atoms with E-state index in [0.29, 0.717) is 0 Å². The number of fused-ring (bicyclic) bond motifs is 2. The van der Waals surface area contributed by atoms with Crippen molar-refractivity contribution in [2.45, 2.75) is 39.6 Å². The molecule has 3 nitrogen and oxygen atoms in total. The fourth-order valence-corrected chi connectivity index (χ4v) is 3.98. The number of nitrogens with zero attached hydrogens (tertiary/aromatic N) is 2. The van der Waals surface area contributed by atoms with Gasteiger partial charge in [0.25, 0.3) is 0 Å². The molecule has 0 saturated heterocycles. The van der Waals surface area contributed by atoms with E-state index in [9.17, 15) is 0 Å². The Kier molecular flexibility index (Phi) is 3.81. The standard InChI is InChI=1S/C21H24N2O/c1-4-11-23-16(3)15(2)19-10-13-24-21(20(19)23)22-12-9-17-7-5-6-8-18(17)14-22/h4-8,10,13,21H,1,9,11-12,14H2,2-3H3. The number of hydrogen-bond donors (Lipinski definition) is 0. The Hall–Kier alpha value is -2.26. The van der Waals surface area contributed by atoms with Crippen LogP contribution >= 0.6 is 0 Å². The second kappa shape index (κ2) is 5.99. The molecular weight excluding hydrogens is 296 g/mol. The van der Waals surface area contributed by atoms with Gasteiger partial charge in [-0.25, -0.2) is 0 Å². The molecule has 0 spiro atoms. The van der Waals surface area contributed by atoms with Crippen molar-refractivity contribution in [2.24, 2.45) is 0 Å². The molecule has 0 radical (unpaired) electrons. The lowest BCUT2D eigenvalue weighted by Gasteiger charge is -2.36. The van der Waals surface area contributed by atoms with Gasteiger partial charge in [0.15, 0.2) is 6.23 Å². The smallest absolute Gasteiger partial charge is 0.193 e. The van der Waals surface area contributed by atoms with Crippen molar-refractivity contribution in [1.29, 1.82) is 0 Å². The van der Waals surface area contributed by atoms with Gasteiger partial charge in [-0.3, -0.25) is 4.90 Å². The van der Waals surface area contributed by atoms with Crippen LogP contribution in [-0.4, -0.2) is 16.0 Å². The molecule has 124 valence electrons. The van der Waals surface area contributed by atoms with Gasteiger partial charge in [-0.05, 0) is 43.0 Å². The highest BCUT2D eigenvalue weighted by Crippen LogP contribution is 2.38. The van der Waals surface area contributed by atoms with Gasteiger partial charge in [-0.15, -0.1) is 6.58 Å². The molecule has 0 N–H and O–H groups in total. The first-order valence-corrected chi connectivity index (χ1v) is 8.64. The fourth-order valence-electron chi connectivity index (χ4n) is 3.98. The zero-order valence-corrected chi connectivity index (χ0v) is 14.5. The molecule has 0 saturated carbocycles. The van der Waals surface area contributed by atoms with Gasteiger partial charge < -0.3 is 9.30 Å². The molecule has 1 aromatic heterocycles. The molecule has 2 aromatic rings. The van der Waals surface area contributed by atoms with Crippen molar-refractivity contribution in [2.75, 3.05) is 6.54 Å². The number of hydrogen-bond acceptors (Lipinski definition) is 2. The molecular formula is C21H24N2O. The number of aromatic nitrogens is 1. The second-order valence-corrected chi connectivity index (χ2v) is 6.69. The first-order chi connectivity index (χ1) is 11.7. The van der Waals surface area contributed by atoms with Gasteiger partial charge in [-0.2, -0.15) is 0 Å². The van der Waals surface area contributed by atoms with E-state index >= 15 is 0 Å². The van der Waals surface area contributed by atoms with E-state index in [1.165, 1.54) is 33.6 Å². The highest BCUT2D eigenvalue weighted by atomic mass is 16.5. The summed E-state index contributed by atoms with van der Waals surface area (Å²) in [7, 11) is 0. The van der Waals surface area contributed by atoms with Gasteiger partial charge in [0.05, 0.1) is 12.0 Å². The van der Waals surface area contributed by atoms with E-state index in [1.807, 2.05) is 12.3 Å². The summed E-state index contributed by atoms with van der Waals surface area (Å²) in [6.45, 7) is 11.1. The fraction of sp³-hybridized carbons (Fsp3) is 0.333. The van der Waals surface area contributed by atoms with Crippen LogP contribution in [0.5, 0.6) is 0 Å². The molecule has 0 bridgehead atoms. The van der Waals surface area contributed by atoms with Crippen molar-refractivity contribution in [3.05, 3.63) is 76.8 Å². The monoisotopic (exact) mass is 320 g/mol. The summed E-state index contributed by atoms with van der Waals surface area (Å²) in [5.74, 6) is 0. The lowest BCUT2D eigenvalue weighted by molar-refractivity contribution is -0.0265. The van der Waals surface area contributed by atoms with Crippen LogP contribution in [0.15, 0.2) is 43.2 Å². The summed E-state index contributed by atoms with van der Waals surface area (Å²) in [4.78, 5) is 2.45. The molecule has 3 heterocycles. The van der Waals surface area contributed by atoms with E-state index in [0.717, 1.165) is 26.1 Å². The van der Waals surface area contributed by atoms with E-state index in [4.69, 9.17) is 4.74 Å². The zero-order chi connectivity index (χ0) is 16.7. The molecule has 1 unspecified atom stereocenters. The van der Waals surface area contributed by atoms with Crippen LogP contribution in [0.2, 0.25) is 0 Å². The van der Waals surface area contributed by atoms with E-state index in [1.54, 1.807) is 0 Å². The zero-order valence-electron chi connectivity index (χ0n) is 14.5. The van der Waals surface area contributed by atoms with Crippen molar-refractivity contribution >= 4 is 6.08 Å². The van der Waals surface area contributed by atoms with E-state index in [2.05, 4.69) is 60.2 Å². The van der Waals surface area contributed by atoms with Crippen LogP contribution in [0.4, 0.5) is 0 Å². The van der Waals surface area contributed by atoms with Gasteiger partial charge in [-0.1, -0.05) is 30.3 Å². The lowest BCUT2D eigenvalue weighted by atomic mass is 9.98. The van der Waals surface area contributed by atoms with Gasteiger partial charge in [0.2, 0.25) is 0 Å². The highest BCUT2D eigenvalue weighted by molar-refractivity contribution is 5.60. The Morgan fingerprint density at radius 1 is 1.25 bits per heavy atom. The average Bonchev–Trinajstić information content (AvgIpc) is 2.87. The maximum atomic E-state index is 6.10. The van der Waals surface area contributed by atoms with Crippen LogP contribution in [0.1, 0.15) is 39.9 Å². The molecule has 2 aliphatic rings.